The number of alkyl halides is 2. The van der Waals surface area contributed by atoms with Gasteiger partial charge in [0.05, 0.1) is 11.1 Å². The monoisotopic (exact) mass is 651 g/mol. The molecule has 0 spiro atoms. The van der Waals surface area contributed by atoms with E-state index < -0.39 is 27.1 Å². The highest BCUT2D eigenvalue weighted by molar-refractivity contribution is 7.48. The summed E-state index contributed by atoms with van der Waals surface area (Å²) in [5.41, 5.74) is 10.6. The summed E-state index contributed by atoms with van der Waals surface area (Å²) >= 11 is 0. The molecule has 8 N–H and O–H groups in total. The second-order valence-corrected chi connectivity index (χ2v) is 11.2. The van der Waals surface area contributed by atoms with Crippen molar-refractivity contribution in [2.45, 2.75) is 51.7 Å². The van der Waals surface area contributed by atoms with E-state index in [4.69, 9.17) is 26.4 Å². The Balaban J connectivity index is 0.000000655. The Bertz CT molecular complexity index is 1210. The molecule has 0 aliphatic carbocycles. The molecular formula is C27H40F2N3O11P. The van der Waals surface area contributed by atoms with E-state index in [1.54, 1.807) is 0 Å². The van der Waals surface area contributed by atoms with Crippen LogP contribution in [-0.4, -0.2) is 72.4 Å². The quantitative estimate of drug-likeness (QED) is 0.0718. The van der Waals surface area contributed by atoms with E-state index in [2.05, 4.69) is 18.9 Å². The molecule has 17 heteroatoms. The van der Waals surface area contributed by atoms with Crippen LogP contribution in [0.1, 0.15) is 60.7 Å². The van der Waals surface area contributed by atoms with Gasteiger partial charge in [-0.25, -0.2) is 27.2 Å². The smallest absolute Gasteiger partial charge is 0.508 e. The fourth-order valence-electron chi connectivity index (χ4n) is 2.81. The number of hydrogen-bond acceptors (Lipinski definition) is 13. The van der Waals surface area contributed by atoms with Crippen LogP contribution >= 0.6 is 7.82 Å². The van der Waals surface area contributed by atoms with Crippen molar-refractivity contribution in [3.63, 3.8) is 0 Å². The summed E-state index contributed by atoms with van der Waals surface area (Å²) in [4.78, 5) is 31.9. The van der Waals surface area contributed by atoms with Crippen LogP contribution in [0, 0.1) is 0 Å². The number of unbranched alkanes of at least 4 members (excludes halogenated alkanes) is 1. The molecule has 2 aromatic carbocycles. The average molecular weight is 652 g/mol. The number of rotatable bonds is 14. The summed E-state index contributed by atoms with van der Waals surface area (Å²) in [5, 5.41) is 29.6. The number of phosphoric acid groups is 1. The van der Waals surface area contributed by atoms with Gasteiger partial charge >= 0.3 is 13.9 Å². The molecule has 1 atom stereocenters. The highest BCUT2D eigenvalue weighted by atomic mass is 31.2. The maximum absolute atomic E-state index is 12.0. The number of ether oxygens (including phenoxy) is 1. The van der Waals surface area contributed by atoms with Crippen LogP contribution in [0.15, 0.2) is 36.4 Å². The molecule has 1 unspecified atom stereocenters. The van der Waals surface area contributed by atoms with Crippen molar-refractivity contribution in [3.05, 3.63) is 47.5 Å². The van der Waals surface area contributed by atoms with Gasteiger partial charge in [0.25, 0.3) is 0 Å². The zero-order chi connectivity index (χ0) is 33.8. The van der Waals surface area contributed by atoms with Gasteiger partial charge in [0.1, 0.15) is 28.6 Å². The number of hydrogen-bond donors (Lipinski definition) is 6. The second-order valence-electron chi connectivity index (χ2n) is 9.63. The fourth-order valence-corrected chi connectivity index (χ4v) is 3.60. The van der Waals surface area contributed by atoms with Crippen LogP contribution in [0.4, 0.5) is 13.6 Å². The van der Waals surface area contributed by atoms with Gasteiger partial charge in [-0.1, -0.05) is 6.42 Å². The molecule has 2 rings (SSSR count). The largest absolute Gasteiger partial charge is 0.534 e. The van der Waals surface area contributed by atoms with E-state index in [-0.39, 0.29) is 46.3 Å². The van der Waals surface area contributed by atoms with Gasteiger partial charge in [0.15, 0.2) is 12.6 Å². The SMILES string of the molecule is CC(C)(C)OC(=O)NCCCCC(N)CN.O=Cc1cc(O)ccc1O.O=Cc1cc(OP(=O)(OCF)OCF)ccc1O. The normalized spacial score (nSPS) is 11.5. The third-order valence-corrected chi connectivity index (χ3v) is 6.13. The first kappa shape index (κ1) is 40.2. The van der Waals surface area contributed by atoms with E-state index in [1.165, 1.54) is 18.2 Å². The zero-order valence-corrected chi connectivity index (χ0v) is 25.5. The molecule has 0 aromatic heterocycles. The van der Waals surface area contributed by atoms with Crippen LogP contribution in [0.3, 0.4) is 0 Å². The topological polar surface area (TPSA) is 230 Å². The molecule has 0 bridgehead atoms. The molecule has 0 saturated heterocycles. The predicted molar refractivity (Wildman–Crippen MR) is 156 cm³/mol. The Hall–Kier alpha value is -3.82. The van der Waals surface area contributed by atoms with E-state index in [9.17, 15) is 32.8 Å². The lowest BCUT2D eigenvalue weighted by molar-refractivity contribution is 0.0526. The van der Waals surface area contributed by atoms with Crippen molar-refractivity contribution in [2.24, 2.45) is 11.5 Å². The molecule has 0 aliphatic heterocycles. The number of carbonyl (C=O) groups is 3. The number of amides is 1. The Morgan fingerprint density at radius 2 is 1.52 bits per heavy atom. The van der Waals surface area contributed by atoms with E-state index >= 15 is 0 Å². The van der Waals surface area contributed by atoms with Crippen molar-refractivity contribution in [3.8, 4) is 23.0 Å². The average Bonchev–Trinajstić information content (AvgIpc) is 2.95. The first-order chi connectivity index (χ1) is 20.6. The lowest BCUT2D eigenvalue weighted by Gasteiger charge is -2.19. The van der Waals surface area contributed by atoms with Gasteiger partial charge in [-0.2, -0.15) is 0 Å². The summed E-state index contributed by atoms with van der Waals surface area (Å²) in [6.45, 7) is 3.64. The van der Waals surface area contributed by atoms with Gasteiger partial charge in [-0.15, -0.1) is 0 Å². The lowest BCUT2D eigenvalue weighted by Crippen LogP contribution is -2.33. The Kier molecular flexibility index (Phi) is 19.2. The van der Waals surface area contributed by atoms with Gasteiger partial charge in [0, 0.05) is 19.1 Å². The van der Waals surface area contributed by atoms with Gasteiger partial charge in [0.2, 0.25) is 13.7 Å². The number of phosphoric ester groups is 1. The number of phenolic OH excluding ortho intramolecular Hbond substituents is 3. The number of nitrogens with two attached hydrogens (primary N) is 2. The third kappa shape index (κ3) is 18.0. The van der Waals surface area contributed by atoms with Crippen LogP contribution in [0.5, 0.6) is 23.0 Å². The number of aldehydes is 2. The first-order valence-corrected chi connectivity index (χ1v) is 14.5. The number of nitrogens with one attached hydrogen (secondary N) is 1. The molecule has 44 heavy (non-hydrogen) atoms. The molecular weight excluding hydrogens is 611 g/mol. The molecule has 2 aromatic rings. The number of phenols is 3. The van der Waals surface area contributed by atoms with Gasteiger partial charge < -0.3 is 41.4 Å². The summed E-state index contributed by atoms with van der Waals surface area (Å²) in [6, 6.07) is 7.05. The minimum absolute atomic E-state index is 0.0279. The first-order valence-electron chi connectivity index (χ1n) is 13.0. The standard InChI is InChI=1S/C11H25N3O2.C9H9F2O6P.C7H6O3/c1-11(2,3)16-10(15)14-7-5-4-6-9(13)8-12;10-5-15-18(14,16-6-11)17-8-1-2-9(13)7(3-8)4-12;8-4-5-3-6(9)1-2-7(5)10/h9H,4-8,12-13H2,1-3H3,(H,14,15);1-4,13H,5-6H2;1-4,9-10H. The Morgan fingerprint density at radius 1 is 0.977 bits per heavy atom. The van der Waals surface area contributed by atoms with Crippen LogP contribution in [-0.2, 0) is 18.3 Å². The number of carbonyl (C=O) groups excluding carboxylic acids is 3. The molecule has 0 saturated carbocycles. The zero-order valence-electron chi connectivity index (χ0n) is 24.6. The molecule has 0 radical (unpaired) electrons. The Labute approximate surface area is 253 Å². The van der Waals surface area contributed by atoms with Crippen molar-refractivity contribution < 1.29 is 61.4 Å². The minimum Gasteiger partial charge on any atom is -0.508 e. The van der Waals surface area contributed by atoms with E-state index in [1.807, 2.05) is 20.8 Å². The molecule has 1 amide bonds. The van der Waals surface area contributed by atoms with Crippen molar-refractivity contribution >= 4 is 26.5 Å². The predicted octanol–water partition coefficient (Wildman–Crippen LogP) is 4.46. The van der Waals surface area contributed by atoms with Crippen LogP contribution in [0.25, 0.3) is 0 Å². The second kappa shape index (κ2) is 21.0. The minimum atomic E-state index is -4.43. The molecule has 248 valence electrons. The van der Waals surface area contributed by atoms with Gasteiger partial charge in [-0.05, 0) is 70.0 Å². The summed E-state index contributed by atoms with van der Waals surface area (Å²) in [7, 11) is -4.43. The molecule has 0 fully saturated rings. The maximum Gasteiger partial charge on any atom is 0.534 e. The molecule has 0 aliphatic rings. The maximum atomic E-state index is 12.0. The summed E-state index contributed by atoms with van der Waals surface area (Å²) in [6.07, 6.45) is 3.19. The van der Waals surface area contributed by atoms with Gasteiger partial charge in [-0.3, -0.25) is 9.59 Å². The van der Waals surface area contributed by atoms with Crippen molar-refractivity contribution in [2.75, 3.05) is 26.8 Å². The number of benzene rings is 2. The van der Waals surface area contributed by atoms with Crippen LogP contribution < -0.4 is 21.3 Å². The van der Waals surface area contributed by atoms with Crippen LogP contribution in [0.2, 0.25) is 0 Å². The number of aromatic hydroxyl groups is 3. The third-order valence-electron chi connectivity index (χ3n) is 4.87. The number of halogens is 2. The van der Waals surface area contributed by atoms with Crippen molar-refractivity contribution in [1.82, 2.24) is 5.32 Å². The Morgan fingerprint density at radius 3 is 2.00 bits per heavy atom. The van der Waals surface area contributed by atoms with E-state index in [0.717, 1.165) is 37.5 Å². The summed E-state index contributed by atoms with van der Waals surface area (Å²) < 4.78 is 53.3. The molecule has 0 heterocycles. The highest BCUT2D eigenvalue weighted by Gasteiger charge is 2.29. The molecule has 14 nitrogen and oxygen atoms in total. The highest BCUT2D eigenvalue weighted by Crippen LogP contribution is 2.49. The fraction of sp³-hybridized carbons (Fsp3) is 0.444. The van der Waals surface area contributed by atoms with E-state index in [0.29, 0.717) is 25.7 Å². The van der Waals surface area contributed by atoms with Crippen molar-refractivity contribution in [1.29, 1.82) is 0 Å². The summed E-state index contributed by atoms with van der Waals surface area (Å²) in [5.74, 6) is -0.683. The number of alkyl carbamates (subject to hydrolysis) is 1. The lowest BCUT2D eigenvalue weighted by atomic mass is 10.1.